The number of ether oxygens (including phenoxy) is 2. The first-order valence-corrected chi connectivity index (χ1v) is 5.37. The summed E-state index contributed by atoms with van der Waals surface area (Å²) in [6.45, 7) is 0.211. The molecule has 3 N–H and O–H groups in total. The standard InChI is InChI=1S/C12H16N2O4/c1-17-9-4-3-8(7-10(9)18-2)12(16)14-6-5-11(13)15/h3-4,7H,5-6H2,1-2H3,(H2,13,15)(H,14,16). The molecular weight excluding hydrogens is 236 g/mol. The third kappa shape index (κ3) is 3.65. The third-order valence-corrected chi connectivity index (χ3v) is 2.30. The van der Waals surface area contributed by atoms with Gasteiger partial charge in [-0.05, 0) is 18.2 Å². The molecule has 1 aromatic rings. The van der Waals surface area contributed by atoms with E-state index >= 15 is 0 Å². The van der Waals surface area contributed by atoms with Gasteiger partial charge in [0, 0.05) is 18.5 Å². The van der Waals surface area contributed by atoms with Gasteiger partial charge in [-0.15, -0.1) is 0 Å². The predicted octanol–water partition coefficient (Wildman–Crippen LogP) is 0.309. The molecule has 6 nitrogen and oxygen atoms in total. The van der Waals surface area contributed by atoms with Crippen LogP contribution in [-0.4, -0.2) is 32.6 Å². The van der Waals surface area contributed by atoms with Crippen LogP contribution in [0.15, 0.2) is 18.2 Å². The highest BCUT2D eigenvalue weighted by atomic mass is 16.5. The molecule has 0 aromatic heterocycles. The monoisotopic (exact) mass is 252 g/mol. The number of nitrogens with one attached hydrogen (secondary N) is 1. The van der Waals surface area contributed by atoms with Crippen molar-refractivity contribution in [3.05, 3.63) is 23.8 Å². The zero-order chi connectivity index (χ0) is 13.5. The van der Waals surface area contributed by atoms with Gasteiger partial charge in [-0.2, -0.15) is 0 Å². The molecule has 6 heteroatoms. The molecule has 0 aliphatic carbocycles. The van der Waals surface area contributed by atoms with Crippen LogP contribution in [0.4, 0.5) is 0 Å². The maximum atomic E-state index is 11.7. The fourth-order valence-corrected chi connectivity index (χ4v) is 1.38. The first-order valence-electron chi connectivity index (χ1n) is 5.37. The molecule has 0 spiro atoms. The van der Waals surface area contributed by atoms with Gasteiger partial charge < -0.3 is 20.5 Å². The van der Waals surface area contributed by atoms with E-state index in [1.54, 1.807) is 18.2 Å². The zero-order valence-corrected chi connectivity index (χ0v) is 10.4. The molecular formula is C12H16N2O4. The Morgan fingerprint density at radius 1 is 1.22 bits per heavy atom. The molecule has 2 amide bonds. The number of amides is 2. The molecule has 0 heterocycles. The van der Waals surface area contributed by atoms with E-state index in [4.69, 9.17) is 15.2 Å². The van der Waals surface area contributed by atoms with Gasteiger partial charge in [-0.3, -0.25) is 9.59 Å². The number of benzene rings is 1. The topological polar surface area (TPSA) is 90.6 Å². The molecule has 0 unspecified atom stereocenters. The number of hydrogen-bond acceptors (Lipinski definition) is 4. The van der Waals surface area contributed by atoms with Gasteiger partial charge in [-0.25, -0.2) is 0 Å². The van der Waals surface area contributed by atoms with E-state index in [1.165, 1.54) is 14.2 Å². The van der Waals surface area contributed by atoms with Crippen LogP contribution in [0.25, 0.3) is 0 Å². The van der Waals surface area contributed by atoms with Crippen molar-refractivity contribution in [1.29, 1.82) is 0 Å². The van der Waals surface area contributed by atoms with E-state index in [9.17, 15) is 9.59 Å². The number of carbonyl (C=O) groups excluding carboxylic acids is 2. The van der Waals surface area contributed by atoms with Crippen molar-refractivity contribution in [2.45, 2.75) is 6.42 Å². The molecule has 0 fully saturated rings. The number of hydrogen-bond donors (Lipinski definition) is 2. The quantitative estimate of drug-likeness (QED) is 0.762. The average Bonchev–Trinajstić information content (AvgIpc) is 2.37. The van der Waals surface area contributed by atoms with Crippen LogP contribution in [0.1, 0.15) is 16.8 Å². The molecule has 0 radical (unpaired) electrons. The first kappa shape index (κ1) is 13.8. The van der Waals surface area contributed by atoms with Crippen LogP contribution in [0.5, 0.6) is 11.5 Å². The number of primary amides is 1. The molecule has 0 aliphatic rings. The predicted molar refractivity (Wildman–Crippen MR) is 65.7 cm³/mol. The third-order valence-electron chi connectivity index (χ3n) is 2.30. The van der Waals surface area contributed by atoms with Crippen molar-refractivity contribution in [3.63, 3.8) is 0 Å². The van der Waals surface area contributed by atoms with Gasteiger partial charge in [0.05, 0.1) is 14.2 Å². The SMILES string of the molecule is COc1ccc(C(=O)NCCC(N)=O)cc1OC. The van der Waals surface area contributed by atoms with Crippen molar-refractivity contribution >= 4 is 11.8 Å². The lowest BCUT2D eigenvalue weighted by Gasteiger charge is -2.09. The summed E-state index contributed by atoms with van der Waals surface area (Å²) in [6, 6.07) is 4.82. The minimum absolute atomic E-state index is 0.110. The highest BCUT2D eigenvalue weighted by Crippen LogP contribution is 2.27. The lowest BCUT2D eigenvalue weighted by molar-refractivity contribution is -0.117. The normalized spacial score (nSPS) is 9.67. The number of nitrogens with two attached hydrogens (primary N) is 1. The van der Waals surface area contributed by atoms with Crippen molar-refractivity contribution in [1.82, 2.24) is 5.32 Å². The van der Waals surface area contributed by atoms with Crippen LogP contribution in [0.2, 0.25) is 0 Å². The summed E-state index contributed by atoms with van der Waals surface area (Å²) in [5.74, 6) is 0.269. The fourth-order valence-electron chi connectivity index (χ4n) is 1.38. The molecule has 18 heavy (non-hydrogen) atoms. The molecule has 0 atom stereocenters. The van der Waals surface area contributed by atoms with Crippen molar-refractivity contribution < 1.29 is 19.1 Å². The fraction of sp³-hybridized carbons (Fsp3) is 0.333. The number of rotatable bonds is 6. The van der Waals surface area contributed by atoms with Gasteiger partial charge in [0.2, 0.25) is 5.91 Å². The van der Waals surface area contributed by atoms with Gasteiger partial charge in [0.15, 0.2) is 11.5 Å². The second-order valence-corrected chi connectivity index (χ2v) is 3.54. The Morgan fingerprint density at radius 3 is 2.44 bits per heavy atom. The zero-order valence-electron chi connectivity index (χ0n) is 10.4. The minimum atomic E-state index is -0.456. The lowest BCUT2D eigenvalue weighted by atomic mass is 10.2. The largest absolute Gasteiger partial charge is 0.493 e. The van der Waals surface area contributed by atoms with Crippen LogP contribution in [0.3, 0.4) is 0 Å². The molecule has 1 aromatic carbocycles. The van der Waals surface area contributed by atoms with Gasteiger partial charge in [0.25, 0.3) is 5.91 Å². The molecule has 0 aliphatic heterocycles. The highest BCUT2D eigenvalue weighted by molar-refractivity contribution is 5.95. The van der Waals surface area contributed by atoms with Crippen molar-refractivity contribution in [2.75, 3.05) is 20.8 Å². The van der Waals surface area contributed by atoms with E-state index in [-0.39, 0.29) is 18.9 Å². The maximum absolute atomic E-state index is 11.7. The van der Waals surface area contributed by atoms with Gasteiger partial charge in [-0.1, -0.05) is 0 Å². The molecule has 0 saturated heterocycles. The Labute approximate surface area is 105 Å². The minimum Gasteiger partial charge on any atom is -0.493 e. The molecule has 0 saturated carbocycles. The Hall–Kier alpha value is -2.24. The van der Waals surface area contributed by atoms with E-state index < -0.39 is 5.91 Å². The summed E-state index contributed by atoms with van der Waals surface area (Å²) in [4.78, 5) is 22.3. The lowest BCUT2D eigenvalue weighted by Crippen LogP contribution is -2.27. The van der Waals surface area contributed by atoms with Gasteiger partial charge in [0.1, 0.15) is 0 Å². The number of methoxy groups -OCH3 is 2. The Morgan fingerprint density at radius 2 is 1.89 bits per heavy atom. The smallest absolute Gasteiger partial charge is 0.251 e. The maximum Gasteiger partial charge on any atom is 0.251 e. The summed E-state index contributed by atoms with van der Waals surface area (Å²) < 4.78 is 10.2. The average molecular weight is 252 g/mol. The van der Waals surface area contributed by atoms with Crippen LogP contribution in [-0.2, 0) is 4.79 Å². The molecule has 98 valence electrons. The molecule has 1 rings (SSSR count). The van der Waals surface area contributed by atoms with E-state index in [0.717, 1.165) is 0 Å². The Kier molecular flexibility index (Phi) is 4.98. The second kappa shape index (κ2) is 6.48. The first-order chi connectivity index (χ1) is 8.58. The second-order valence-electron chi connectivity index (χ2n) is 3.54. The number of carbonyl (C=O) groups is 2. The Balaban J connectivity index is 2.71. The van der Waals surface area contributed by atoms with Crippen LogP contribution < -0.4 is 20.5 Å². The Bertz CT molecular complexity index is 446. The van der Waals surface area contributed by atoms with Crippen molar-refractivity contribution in [3.8, 4) is 11.5 Å². The highest BCUT2D eigenvalue weighted by Gasteiger charge is 2.10. The summed E-state index contributed by atoms with van der Waals surface area (Å²) in [5, 5.41) is 2.58. The molecule has 0 bridgehead atoms. The van der Waals surface area contributed by atoms with Crippen molar-refractivity contribution in [2.24, 2.45) is 5.73 Å². The summed E-state index contributed by atoms with van der Waals surface area (Å²) >= 11 is 0. The summed E-state index contributed by atoms with van der Waals surface area (Å²) in [6.07, 6.45) is 0.110. The van der Waals surface area contributed by atoms with E-state index in [1.807, 2.05) is 0 Å². The van der Waals surface area contributed by atoms with Crippen LogP contribution in [0, 0.1) is 0 Å². The summed E-state index contributed by atoms with van der Waals surface area (Å²) in [7, 11) is 3.01. The van der Waals surface area contributed by atoms with Gasteiger partial charge >= 0.3 is 0 Å². The van der Waals surface area contributed by atoms with E-state index in [2.05, 4.69) is 5.32 Å². The van der Waals surface area contributed by atoms with Crippen LogP contribution >= 0.6 is 0 Å². The summed E-state index contributed by atoms with van der Waals surface area (Å²) in [5.41, 5.74) is 5.40. The van der Waals surface area contributed by atoms with E-state index in [0.29, 0.717) is 17.1 Å².